The van der Waals surface area contributed by atoms with E-state index in [4.69, 9.17) is 26.6 Å². The summed E-state index contributed by atoms with van der Waals surface area (Å²) in [6, 6.07) is 0. The van der Waals surface area contributed by atoms with Gasteiger partial charge in [0.15, 0.2) is 6.10 Å². The summed E-state index contributed by atoms with van der Waals surface area (Å²) in [5.41, 5.74) is 9.19. The van der Waals surface area contributed by atoms with Gasteiger partial charge in [-0.2, -0.15) is 4.79 Å². The van der Waals surface area contributed by atoms with Crippen LogP contribution in [0.5, 0.6) is 0 Å². The smallest absolute Gasteiger partial charge is 0.328 e. The van der Waals surface area contributed by atoms with Gasteiger partial charge in [0.1, 0.15) is 5.76 Å². The molecule has 1 aliphatic rings. The number of ether oxygens (including phenoxy) is 2. The lowest BCUT2D eigenvalue weighted by Crippen LogP contribution is -2.25. The van der Waals surface area contributed by atoms with Crippen molar-refractivity contribution in [3.05, 3.63) is 28.5 Å². The van der Waals surface area contributed by atoms with E-state index in [9.17, 15) is 0 Å². The Morgan fingerprint density at radius 3 is 2.73 bits per heavy atom. The molecule has 0 saturated heterocycles. The van der Waals surface area contributed by atoms with Crippen molar-refractivity contribution in [3.8, 4) is 0 Å². The molecule has 0 heterocycles. The summed E-state index contributed by atoms with van der Waals surface area (Å²) in [6.45, 7) is 4.74. The Balaban J connectivity index is 2.91. The second-order valence-electron chi connectivity index (χ2n) is 2.86. The molecule has 1 aliphatic carbocycles. The van der Waals surface area contributed by atoms with E-state index in [1.807, 2.05) is 13.8 Å². The Labute approximate surface area is 93.8 Å². The van der Waals surface area contributed by atoms with Gasteiger partial charge in [-0.15, -0.1) is 0 Å². The Morgan fingerprint density at radius 2 is 2.20 bits per heavy atom. The fourth-order valence-electron chi connectivity index (χ4n) is 1.25. The Bertz CT molecular complexity index is 343. The van der Waals surface area contributed by atoms with Crippen molar-refractivity contribution in [2.75, 3.05) is 13.2 Å². The summed E-state index contributed by atoms with van der Waals surface area (Å²) in [6.07, 6.45) is 2.83. The van der Waals surface area contributed by atoms with Crippen molar-refractivity contribution in [1.82, 2.24) is 0 Å². The predicted octanol–water partition coefficient (Wildman–Crippen LogP) is 2.12. The van der Waals surface area contributed by atoms with Crippen LogP contribution in [0.2, 0.25) is 0 Å². The molecule has 15 heavy (non-hydrogen) atoms. The molecule has 82 valence electrons. The van der Waals surface area contributed by atoms with Crippen molar-refractivity contribution in [2.45, 2.75) is 20.0 Å². The van der Waals surface area contributed by atoms with Gasteiger partial charge in [-0.1, -0.05) is 11.6 Å². The van der Waals surface area contributed by atoms with Gasteiger partial charge in [0.25, 0.3) is 0 Å². The SMILES string of the molecule is CCOC1=CC(=[N+]=[N-])C(OCC)C=C1Cl. The lowest BCUT2D eigenvalue weighted by atomic mass is 10.1. The van der Waals surface area contributed by atoms with Crippen molar-refractivity contribution in [2.24, 2.45) is 0 Å². The van der Waals surface area contributed by atoms with Crippen LogP contribution in [0.25, 0.3) is 5.53 Å². The summed E-state index contributed by atoms with van der Waals surface area (Å²) in [5, 5.41) is 0.475. The molecule has 1 rings (SSSR count). The van der Waals surface area contributed by atoms with E-state index in [1.54, 1.807) is 12.2 Å². The van der Waals surface area contributed by atoms with Crippen LogP contribution in [0.1, 0.15) is 13.8 Å². The maximum absolute atomic E-state index is 8.80. The van der Waals surface area contributed by atoms with Crippen molar-refractivity contribution in [1.29, 1.82) is 0 Å². The van der Waals surface area contributed by atoms with Gasteiger partial charge >= 0.3 is 5.71 Å². The zero-order valence-electron chi connectivity index (χ0n) is 8.74. The van der Waals surface area contributed by atoms with E-state index in [0.29, 0.717) is 29.7 Å². The molecule has 0 saturated carbocycles. The van der Waals surface area contributed by atoms with Crippen LogP contribution in [-0.2, 0) is 9.47 Å². The van der Waals surface area contributed by atoms with Gasteiger partial charge in [-0.05, 0) is 19.9 Å². The topological polar surface area (TPSA) is 54.9 Å². The molecule has 0 radical (unpaired) electrons. The fraction of sp³-hybridized carbons (Fsp3) is 0.500. The van der Waals surface area contributed by atoms with Gasteiger partial charge in [0.05, 0.1) is 17.7 Å². The van der Waals surface area contributed by atoms with Crippen molar-refractivity contribution in [3.63, 3.8) is 0 Å². The third-order valence-corrected chi connectivity index (χ3v) is 2.18. The highest BCUT2D eigenvalue weighted by atomic mass is 35.5. The van der Waals surface area contributed by atoms with E-state index >= 15 is 0 Å². The molecule has 0 aromatic carbocycles. The molecule has 0 aliphatic heterocycles. The average Bonchev–Trinajstić information content (AvgIpc) is 2.22. The van der Waals surface area contributed by atoms with Crippen LogP contribution in [-0.4, -0.2) is 29.8 Å². The molecule has 0 aromatic heterocycles. The minimum atomic E-state index is -0.406. The van der Waals surface area contributed by atoms with Crippen LogP contribution in [0, 0.1) is 0 Å². The Hall–Kier alpha value is -1.09. The highest BCUT2D eigenvalue weighted by molar-refractivity contribution is 6.32. The maximum atomic E-state index is 8.80. The molecule has 1 atom stereocenters. The normalized spacial score (nSPS) is 20.5. The molecule has 0 N–H and O–H groups in total. The first-order valence-corrected chi connectivity index (χ1v) is 5.16. The standard InChI is InChI=1S/C10H13ClN2O2/c1-3-14-9-6-8(13-12)10(15-4-2)5-7(9)11/h5-6,10H,3-4H2,1-2H3. The number of allylic oxidation sites excluding steroid dienone is 1. The first kappa shape index (κ1) is 12.0. The minimum Gasteiger partial charge on any atom is -0.492 e. The molecule has 0 spiro atoms. The molecule has 1 unspecified atom stereocenters. The monoisotopic (exact) mass is 228 g/mol. The van der Waals surface area contributed by atoms with Crippen LogP contribution in [0.4, 0.5) is 0 Å². The molecule has 0 amide bonds. The zero-order valence-corrected chi connectivity index (χ0v) is 9.49. The molecular formula is C10H13ClN2O2. The number of nitrogens with zero attached hydrogens (tertiary/aromatic N) is 2. The summed E-state index contributed by atoms with van der Waals surface area (Å²) in [5.74, 6) is 0.503. The van der Waals surface area contributed by atoms with E-state index < -0.39 is 6.10 Å². The Morgan fingerprint density at radius 1 is 1.47 bits per heavy atom. The largest absolute Gasteiger partial charge is 0.492 e. The van der Waals surface area contributed by atoms with Gasteiger partial charge in [-0.3, -0.25) is 0 Å². The number of rotatable bonds is 4. The highest BCUT2D eigenvalue weighted by Gasteiger charge is 2.27. The summed E-state index contributed by atoms with van der Waals surface area (Å²) >= 11 is 5.97. The number of hydrogen-bond donors (Lipinski definition) is 0. The quantitative estimate of drug-likeness (QED) is 0.547. The molecule has 4 nitrogen and oxygen atoms in total. The molecule has 5 heteroatoms. The van der Waals surface area contributed by atoms with E-state index in [2.05, 4.69) is 4.79 Å². The third kappa shape index (κ3) is 2.93. The average molecular weight is 229 g/mol. The lowest BCUT2D eigenvalue weighted by Gasteiger charge is -2.15. The first-order valence-electron chi connectivity index (χ1n) is 4.78. The maximum Gasteiger partial charge on any atom is 0.328 e. The van der Waals surface area contributed by atoms with Crippen molar-refractivity contribution >= 4 is 17.3 Å². The first-order chi connectivity index (χ1) is 7.22. The van der Waals surface area contributed by atoms with Gasteiger partial charge in [0.2, 0.25) is 0 Å². The molecular weight excluding hydrogens is 216 g/mol. The minimum absolute atomic E-state index is 0.393. The molecule has 0 bridgehead atoms. The molecule has 0 fully saturated rings. The van der Waals surface area contributed by atoms with E-state index in [-0.39, 0.29) is 0 Å². The van der Waals surface area contributed by atoms with Crippen molar-refractivity contribution < 1.29 is 14.3 Å². The van der Waals surface area contributed by atoms with Crippen LogP contribution in [0.15, 0.2) is 22.9 Å². The lowest BCUT2D eigenvalue weighted by molar-refractivity contribution is -0.0221. The second kappa shape index (κ2) is 5.71. The number of halogens is 1. The van der Waals surface area contributed by atoms with Gasteiger partial charge in [-0.25, -0.2) is 0 Å². The van der Waals surface area contributed by atoms with Gasteiger partial charge in [0, 0.05) is 6.61 Å². The highest BCUT2D eigenvalue weighted by Crippen LogP contribution is 2.22. The fourth-order valence-corrected chi connectivity index (χ4v) is 1.47. The summed E-state index contributed by atoms with van der Waals surface area (Å²) < 4.78 is 10.6. The van der Waals surface area contributed by atoms with Crippen LogP contribution in [0.3, 0.4) is 0 Å². The molecule has 0 aromatic rings. The van der Waals surface area contributed by atoms with E-state index in [0.717, 1.165) is 0 Å². The summed E-state index contributed by atoms with van der Waals surface area (Å²) in [4.78, 5) is 3.15. The van der Waals surface area contributed by atoms with Gasteiger partial charge < -0.3 is 15.0 Å². The predicted molar refractivity (Wildman–Crippen MR) is 57.7 cm³/mol. The van der Waals surface area contributed by atoms with E-state index in [1.165, 1.54) is 0 Å². The Kier molecular flexibility index (Phi) is 4.56. The summed E-state index contributed by atoms with van der Waals surface area (Å²) in [7, 11) is 0. The second-order valence-corrected chi connectivity index (χ2v) is 3.26. The number of hydrogen-bond acceptors (Lipinski definition) is 2. The van der Waals surface area contributed by atoms with Crippen LogP contribution >= 0.6 is 11.6 Å². The van der Waals surface area contributed by atoms with Crippen LogP contribution < -0.4 is 0 Å². The third-order valence-electron chi connectivity index (χ3n) is 1.87. The zero-order chi connectivity index (χ0) is 11.3.